The van der Waals surface area contributed by atoms with Gasteiger partial charge in [-0.2, -0.15) is 0 Å². The number of alkyl halides is 3. The number of benzene rings is 1. The van der Waals surface area contributed by atoms with Crippen LogP contribution < -0.4 is 4.74 Å². The summed E-state index contributed by atoms with van der Waals surface area (Å²) in [5, 5.41) is 7.85. The number of aryl methyl sites for hydroxylation is 2. The van der Waals surface area contributed by atoms with Crippen LogP contribution in [0.3, 0.4) is 0 Å². The van der Waals surface area contributed by atoms with E-state index in [1.165, 1.54) is 12.1 Å². The van der Waals surface area contributed by atoms with Crippen molar-refractivity contribution < 1.29 is 22.7 Å². The van der Waals surface area contributed by atoms with E-state index in [9.17, 15) is 18.0 Å². The predicted molar refractivity (Wildman–Crippen MR) is 101 cm³/mol. The molecule has 4 nitrogen and oxygen atoms in total. The minimum atomic E-state index is -4.69. The summed E-state index contributed by atoms with van der Waals surface area (Å²) < 4.78 is 40.3. The number of aromatic nitrogens is 1. The van der Waals surface area contributed by atoms with E-state index in [0.29, 0.717) is 36.6 Å². The Morgan fingerprint density at radius 2 is 1.68 bits per heavy atom. The highest BCUT2D eigenvalue weighted by Gasteiger charge is 2.30. The first-order valence-electron chi connectivity index (χ1n) is 9.01. The van der Waals surface area contributed by atoms with Crippen molar-refractivity contribution in [1.82, 2.24) is 4.98 Å². The number of pyridine rings is 1. The molecule has 0 atom stereocenters. The van der Waals surface area contributed by atoms with Crippen molar-refractivity contribution in [2.24, 2.45) is 5.92 Å². The van der Waals surface area contributed by atoms with Crippen LogP contribution in [0.25, 0.3) is 0 Å². The van der Waals surface area contributed by atoms with Gasteiger partial charge in [0.2, 0.25) is 0 Å². The lowest BCUT2D eigenvalue weighted by Crippen LogP contribution is -2.17. The fourth-order valence-corrected chi connectivity index (χ4v) is 2.73. The Balaban J connectivity index is 1.87. The number of rotatable bonds is 9. The van der Waals surface area contributed by atoms with Crippen molar-refractivity contribution >= 4 is 11.5 Å². The Kier molecular flexibility index (Phi) is 7.31. The van der Waals surface area contributed by atoms with Gasteiger partial charge in [0.1, 0.15) is 11.4 Å². The Hall–Kier alpha value is -2.70. The Bertz CT molecular complexity index is 798. The SMILES string of the molecule is CC(C)CC(=N)CC(=O)c1ccc(CCc2ccc(OC(F)(F)F)cc2)cn1. The second kappa shape index (κ2) is 9.48. The number of nitrogens with one attached hydrogen (secondary N) is 1. The van der Waals surface area contributed by atoms with Crippen LogP contribution in [0, 0.1) is 11.3 Å². The number of ether oxygens (including phenoxy) is 1. The summed E-state index contributed by atoms with van der Waals surface area (Å²) in [5.41, 5.74) is 2.54. The number of Topliss-reactive ketones (excluding diaryl/α,β-unsaturated/α-hetero) is 1. The molecule has 0 bridgehead atoms. The van der Waals surface area contributed by atoms with Crippen molar-refractivity contribution in [2.75, 3.05) is 0 Å². The third-order valence-electron chi connectivity index (χ3n) is 4.00. The number of carbonyl (C=O) groups excluding carboxylic acids is 1. The summed E-state index contributed by atoms with van der Waals surface area (Å²) >= 11 is 0. The van der Waals surface area contributed by atoms with Crippen LogP contribution in [-0.2, 0) is 12.8 Å². The smallest absolute Gasteiger partial charge is 0.406 e. The van der Waals surface area contributed by atoms with Crippen molar-refractivity contribution in [3.63, 3.8) is 0 Å². The molecule has 0 fully saturated rings. The molecule has 0 aliphatic rings. The molecule has 7 heteroatoms. The zero-order valence-electron chi connectivity index (χ0n) is 15.8. The molecule has 1 heterocycles. The molecule has 150 valence electrons. The minimum Gasteiger partial charge on any atom is -0.406 e. The Morgan fingerprint density at radius 3 is 2.21 bits per heavy atom. The normalized spacial score (nSPS) is 11.5. The zero-order chi connectivity index (χ0) is 20.7. The summed E-state index contributed by atoms with van der Waals surface area (Å²) in [5.74, 6) is -0.0778. The maximum Gasteiger partial charge on any atom is 0.573 e. The molecule has 0 aliphatic heterocycles. The first kappa shape index (κ1) is 21.6. The van der Waals surface area contributed by atoms with Crippen molar-refractivity contribution in [3.05, 3.63) is 59.4 Å². The third-order valence-corrected chi connectivity index (χ3v) is 4.00. The number of hydrogen-bond acceptors (Lipinski definition) is 4. The molecule has 1 aromatic carbocycles. The lowest BCUT2D eigenvalue weighted by atomic mass is 10.0. The highest BCUT2D eigenvalue weighted by molar-refractivity contribution is 6.07. The monoisotopic (exact) mass is 392 g/mol. The van der Waals surface area contributed by atoms with Crippen LogP contribution in [-0.4, -0.2) is 22.8 Å². The maximum absolute atomic E-state index is 12.2. The summed E-state index contributed by atoms with van der Waals surface area (Å²) in [7, 11) is 0. The summed E-state index contributed by atoms with van der Waals surface area (Å²) in [6.07, 6.45) is -1.13. The quantitative estimate of drug-likeness (QED) is 0.459. The average molecular weight is 392 g/mol. The number of halogens is 3. The molecule has 0 saturated carbocycles. The summed E-state index contributed by atoms with van der Waals surface area (Å²) in [4.78, 5) is 16.3. The van der Waals surface area contributed by atoms with Gasteiger partial charge in [-0.25, -0.2) is 0 Å². The lowest BCUT2D eigenvalue weighted by Gasteiger charge is -2.09. The van der Waals surface area contributed by atoms with Crippen molar-refractivity contribution in [1.29, 1.82) is 5.41 Å². The number of hydrogen-bond donors (Lipinski definition) is 1. The Labute approximate surface area is 162 Å². The van der Waals surface area contributed by atoms with Gasteiger partial charge in [0.05, 0.1) is 6.42 Å². The fraction of sp³-hybridized carbons (Fsp3) is 0.381. The molecule has 0 saturated heterocycles. The zero-order valence-corrected chi connectivity index (χ0v) is 15.8. The van der Waals surface area contributed by atoms with Gasteiger partial charge in [-0.15, -0.1) is 13.2 Å². The van der Waals surface area contributed by atoms with Gasteiger partial charge >= 0.3 is 6.36 Å². The van der Waals surface area contributed by atoms with Gasteiger partial charge in [-0.05, 0) is 54.5 Å². The summed E-state index contributed by atoms with van der Waals surface area (Å²) in [6.45, 7) is 4.01. The van der Waals surface area contributed by atoms with E-state index >= 15 is 0 Å². The highest BCUT2D eigenvalue weighted by atomic mass is 19.4. The van der Waals surface area contributed by atoms with Crippen LogP contribution in [0.1, 0.15) is 48.3 Å². The minimum absolute atomic E-state index is 0.0802. The van der Waals surface area contributed by atoms with Gasteiger partial charge in [0, 0.05) is 11.9 Å². The summed E-state index contributed by atoms with van der Waals surface area (Å²) in [6, 6.07) is 9.22. The number of nitrogens with zero attached hydrogens (tertiary/aromatic N) is 1. The second-order valence-corrected chi connectivity index (χ2v) is 7.04. The average Bonchev–Trinajstić information content (AvgIpc) is 2.59. The van der Waals surface area contributed by atoms with E-state index in [0.717, 1.165) is 11.1 Å². The van der Waals surface area contributed by atoms with Crippen molar-refractivity contribution in [3.8, 4) is 5.75 Å². The number of carbonyl (C=O) groups is 1. The molecule has 0 spiro atoms. The van der Waals surface area contributed by atoms with Gasteiger partial charge < -0.3 is 10.1 Å². The predicted octanol–water partition coefficient (Wildman–Crippen LogP) is 5.40. The Morgan fingerprint density at radius 1 is 1.07 bits per heavy atom. The van der Waals surface area contributed by atoms with Gasteiger partial charge in [0.25, 0.3) is 0 Å². The largest absolute Gasteiger partial charge is 0.573 e. The lowest BCUT2D eigenvalue weighted by molar-refractivity contribution is -0.274. The third kappa shape index (κ3) is 7.50. The van der Waals surface area contributed by atoms with E-state index in [1.807, 2.05) is 19.9 Å². The molecule has 2 aromatic rings. The molecule has 28 heavy (non-hydrogen) atoms. The van der Waals surface area contributed by atoms with Crippen LogP contribution in [0.5, 0.6) is 5.75 Å². The standard InChI is InChI=1S/C21H23F3N2O2/c1-14(2)11-17(25)12-20(27)19-10-7-16(13-26-19)4-3-15-5-8-18(9-6-15)28-21(22,23)24/h5-10,13-14,25H,3-4,11-12H2,1-2H3. The van der Waals surface area contributed by atoms with Crippen LogP contribution in [0.2, 0.25) is 0 Å². The molecule has 1 N–H and O–H groups in total. The topological polar surface area (TPSA) is 63.0 Å². The highest BCUT2D eigenvalue weighted by Crippen LogP contribution is 2.23. The van der Waals surface area contributed by atoms with Crippen molar-refractivity contribution in [2.45, 2.75) is 45.9 Å². The van der Waals surface area contributed by atoms with Gasteiger partial charge in [-0.1, -0.05) is 32.0 Å². The molecule has 0 amide bonds. The second-order valence-electron chi connectivity index (χ2n) is 7.04. The van der Waals surface area contributed by atoms with Gasteiger partial charge in [0.15, 0.2) is 5.78 Å². The van der Waals surface area contributed by atoms with Crippen LogP contribution in [0.15, 0.2) is 42.6 Å². The van der Waals surface area contributed by atoms with E-state index < -0.39 is 6.36 Å². The molecule has 0 aliphatic carbocycles. The van der Waals surface area contributed by atoms with Crippen LogP contribution in [0.4, 0.5) is 13.2 Å². The number of ketones is 1. The molecule has 1 aromatic heterocycles. The van der Waals surface area contributed by atoms with Gasteiger partial charge in [-0.3, -0.25) is 9.78 Å². The van der Waals surface area contributed by atoms with E-state index in [2.05, 4.69) is 9.72 Å². The molecular formula is C21H23F3N2O2. The molecule has 0 radical (unpaired) electrons. The molecular weight excluding hydrogens is 369 g/mol. The van der Waals surface area contributed by atoms with E-state index in [1.54, 1.807) is 24.4 Å². The maximum atomic E-state index is 12.2. The van der Waals surface area contributed by atoms with E-state index in [4.69, 9.17) is 5.41 Å². The molecule has 0 unspecified atom stereocenters. The molecule has 2 rings (SSSR count). The first-order chi connectivity index (χ1) is 13.1. The first-order valence-corrected chi connectivity index (χ1v) is 9.01. The fourth-order valence-electron chi connectivity index (χ4n) is 2.73. The van der Waals surface area contributed by atoms with Crippen LogP contribution >= 0.6 is 0 Å². The van der Waals surface area contributed by atoms with E-state index in [-0.39, 0.29) is 18.0 Å².